The highest BCUT2D eigenvalue weighted by molar-refractivity contribution is 5.95. The van der Waals surface area contributed by atoms with E-state index in [1.54, 1.807) is 11.9 Å². The van der Waals surface area contributed by atoms with E-state index in [-0.39, 0.29) is 49.3 Å². The van der Waals surface area contributed by atoms with Crippen LogP contribution in [0.1, 0.15) is 133 Å². The fourth-order valence-electron chi connectivity index (χ4n) is 14.2. The number of nitrogens with zero attached hydrogens (tertiary/aromatic N) is 6. The van der Waals surface area contributed by atoms with E-state index in [2.05, 4.69) is 70.4 Å². The molecule has 15 nitrogen and oxygen atoms in total. The molecule has 3 aliphatic heterocycles. The van der Waals surface area contributed by atoms with Crippen molar-refractivity contribution in [2.24, 2.45) is 5.92 Å². The van der Waals surface area contributed by atoms with Crippen LogP contribution < -0.4 is 5.32 Å². The molecular formula is C77H94F7N7O8. The van der Waals surface area contributed by atoms with Gasteiger partial charge in [-0.05, 0) is 167 Å². The summed E-state index contributed by atoms with van der Waals surface area (Å²) >= 11 is 0. The smallest absolute Gasteiger partial charge is 0.416 e. The molecule has 99 heavy (non-hydrogen) atoms. The lowest BCUT2D eigenvalue weighted by Gasteiger charge is -2.44. The number of aliphatic hydroxyl groups is 1. The van der Waals surface area contributed by atoms with Gasteiger partial charge in [-0.15, -0.1) is 0 Å². The second-order valence-electron chi connectivity index (χ2n) is 27.1. The van der Waals surface area contributed by atoms with E-state index in [9.17, 15) is 55.0 Å². The van der Waals surface area contributed by atoms with Crippen molar-refractivity contribution in [1.82, 2.24) is 29.4 Å². The summed E-state index contributed by atoms with van der Waals surface area (Å²) in [5.41, 5.74) is 3.35. The molecular weight excluding hydrogens is 1280 g/mol. The maximum atomic E-state index is 13.9. The van der Waals surface area contributed by atoms with Gasteiger partial charge in [-0.3, -0.25) is 19.7 Å². The van der Waals surface area contributed by atoms with Gasteiger partial charge in [-0.2, -0.15) is 26.3 Å². The number of hydrogen-bond acceptors (Lipinski definition) is 11. The summed E-state index contributed by atoms with van der Waals surface area (Å²) < 4.78 is 112. The van der Waals surface area contributed by atoms with Gasteiger partial charge in [0, 0.05) is 90.0 Å². The highest BCUT2D eigenvalue weighted by atomic mass is 19.4. The van der Waals surface area contributed by atoms with E-state index in [1.807, 2.05) is 78.7 Å². The second kappa shape index (κ2) is 34.6. The minimum absolute atomic E-state index is 0.00621. The summed E-state index contributed by atoms with van der Waals surface area (Å²) in [6, 6.07) is 40.9. The van der Waals surface area contributed by atoms with E-state index in [0.717, 1.165) is 124 Å². The van der Waals surface area contributed by atoms with Crippen LogP contribution in [0.4, 0.5) is 41.2 Å². The molecule has 6 aromatic rings. The minimum Gasteiger partial charge on any atom is -0.446 e. The summed E-state index contributed by atoms with van der Waals surface area (Å²) in [5, 5.41) is 13.5. The van der Waals surface area contributed by atoms with Crippen molar-refractivity contribution in [3.63, 3.8) is 0 Å². The summed E-state index contributed by atoms with van der Waals surface area (Å²) in [5.74, 6) is -0.840. The molecule has 3 heterocycles. The van der Waals surface area contributed by atoms with Crippen LogP contribution in [0.2, 0.25) is 0 Å². The zero-order valence-electron chi connectivity index (χ0n) is 57.4. The number of hydrogen-bond donors (Lipinski definition) is 2. The monoisotopic (exact) mass is 1380 g/mol. The Morgan fingerprint density at radius 3 is 2.02 bits per heavy atom. The minimum atomic E-state index is -5.08. The third-order valence-corrected chi connectivity index (χ3v) is 20.2. The first-order valence-electron chi connectivity index (χ1n) is 34.4. The number of rotatable bonds is 26. The SMILES string of the molecule is COCC(=O)N(C)CCCC(O)c1ccc(CN(C)CCCCCC(=O)N(C)CCN2CCC(OC(=O)Nc3ccccc3-c3ccccc3)CC2)cc1.C[C@H]1Cc2ccccc2C12CCN(CC[C@@]1(c3ccc(F)cc3)CN(C(=O)c3cc(C(F)(F)F)cc(C(F)(F)F)c3)CO1)CC2. The number of carbonyl (C=O) groups excluding carboxylic acids is 4. The van der Waals surface area contributed by atoms with Gasteiger partial charge in [0.05, 0.1) is 29.5 Å². The number of likely N-dealkylation sites (tertiary alicyclic amines) is 2. The fourth-order valence-corrected chi connectivity index (χ4v) is 14.2. The molecule has 4 aliphatic rings. The van der Waals surface area contributed by atoms with Crippen LogP contribution >= 0.6 is 0 Å². The Bertz CT molecular complexity index is 3570. The Kier molecular flexibility index (Phi) is 26.3. The van der Waals surface area contributed by atoms with Crippen molar-refractivity contribution in [3.05, 3.63) is 196 Å². The Hall–Kier alpha value is -7.73. The number of piperidine rings is 2. The van der Waals surface area contributed by atoms with Crippen LogP contribution in [0.15, 0.2) is 146 Å². The zero-order valence-corrected chi connectivity index (χ0v) is 57.4. The number of anilines is 1. The predicted octanol–water partition coefficient (Wildman–Crippen LogP) is 14.2. The molecule has 6 aromatic carbocycles. The number of alkyl halides is 6. The van der Waals surface area contributed by atoms with Gasteiger partial charge in [0.25, 0.3) is 5.91 Å². The molecule has 10 rings (SSSR count). The molecule has 1 unspecified atom stereocenters. The van der Waals surface area contributed by atoms with E-state index < -0.39 is 58.6 Å². The maximum Gasteiger partial charge on any atom is 0.416 e. The average molecular weight is 1380 g/mol. The molecule has 1 spiro atoms. The van der Waals surface area contributed by atoms with Crippen LogP contribution in [0.3, 0.4) is 0 Å². The number of likely N-dealkylation sites (N-methyl/N-ethyl adjacent to an activating group) is 2. The molecule has 3 saturated heterocycles. The first-order chi connectivity index (χ1) is 47.3. The van der Waals surface area contributed by atoms with Crippen LogP contribution in [0, 0.1) is 11.7 Å². The van der Waals surface area contributed by atoms with E-state index in [1.165, 1.54) is 48.1 Å². The number of fused-ring (bicyclic) bond motifs is 2. The van der Waals surface area contributed by atoms with Crippen molar-refractivity contribution >= 4 is 29.5 Å². The third-order valence-electron chi connectivity index (χ3n) is 20.2. The normalized spacial score (nSPS) is 18.4. The molecule has 3 atom stereocenters. The van der Waals surface area contributed by atoms with Gasteiger partial charge in [0.15, 0.2) is 0 Å². The van der Waals surface area contributed by atoms with Gasteiger partial charge in [-0.1, -0.05) is 123 Å². The van der Waals surface area contributed by atoms with Crippen molar-refractivity contribution in [2.75, 3.05) is 112 Å². The molecule has 22 heteroatoms. The Labute approximate surface area is 577 Å². The third kappa shape index (κ3) is 20.5. The number of ether oxygens (including phenoxy) is 3. The summed E-state index contributed by atoms with van der Waals surface area (Å²) in [7, 11) is 7.26. The van der Waals surface area contributed by atoms with Gasteiger partial charge >= 0.3 is 18.4 Å². The Balaban J connectivity index is 0.000000235. The number of benzene rings is 6. The highest BCUT2D eigenvalue weighted by Crippen LogP contribution is 2.50. The maximum absolute atomic E-state index is 13.9. The van der Waals surface area contributed by atoms with Crippen LogP contribution in [0.25, 0.3) is 11.1 Å². The van der Waals surface area contributed by atoms with Crippen molar-refractivity contribution in [3.8, 4) is 11.1 Å². The number of para-hydroxylation sites is 1. The summed E-state index contributed by atoms with van der Waals surface area (Å²) in [4.78, 5) is 62.3. The van der Waals surface area contributed by atoms with Crippen molar-refractivity contribution in [2.45, 2.75) is 126 Å². The van der Waals surface area contributed by atoms with Gasteiger partial charge in [-0.25, -0.2) is 9.18 Å². The second-order valence-corrected chi connectivity index (χ2v) is 27.1. The number of aliphatic hydroxyl groups excluding tert-OH is 1. The van der Waals surface area contributed by atoms with E-state index >= 15 is 0 Å². The van der Waals surface area contributed by atoms with Crippen LogP contribution in [0.5, 0.6) is 0 Å². The highest BCUT2D eigenvalue weighted by Gasteiger charge is 2.48. The number of nitrogens with one attached hydrogen (secondary N) is 1. The number of carbonyl (C=O) groups is 4. The number of methoxy groups -OCH3 is 1. The molecule has 0 aromatic heterocycles. The molecule has 4 amide bonds. The van der Waals surface area contributed by atoms with Gasteiger partial charge < -0.3 is 48.7 Å². The molecule has 3 fully saturated rings. The van der Waals surface area contributed by atoms with Gasteiger partial charge in [0.1, 0.15) is 30.9 Å². The predicted molar refractivity (Wildman–Crippen MR) is 367 cm³/mol. The van der Waals surface area contributed by atoms with Crippen LogP contribution in [-0.4, -0.2) is 171 Å². The van der Waals surface area contributed by atoms with Gasteiger partial charge in [0.2, 0.25) is 11.8 Å². The largest absolute Gasteiger partial charge is 0.446 e. The molecule has 0 saturated carbocycles. The number of amides is 4. The number of halogens is 7. The van der Waals surface area contributed by atoms with Crippen molar-refractivity contribution < 1.29 is 69.2 Å². The zero-order chi connectivity index (χ0) is 70.9. The first kappa shape index (κ1) is 75.5. The molecule has 2 N–H and O–H groups in total. The standard InChI is InChI=1S/C43H61N5O6.C34H33F7N2O2/c1-45(32-34-20-22-36(23-21-34)40(49)18-13-27-46(2)42(51)33-53-4)26-12-6-9-19-41(50)47(3)30-31-48-28-24-37(25-29-48)54-43(52)44-39-17-11-10-16-38(39)35-14-7-5-8-15-35;1-22-16-23-4-2-3-5-29(23)31(22)10-13-42(14-11-31)15-12-32(25-6-8-28(35)9-7-25)20-43(21-45-32)30(44)24-17-26(33(36,37)38)19-27(18-24)34(39,40)41/h5,7-8,10-11,14-17,20-23,37,40,49H,6,9,12-13,18-19,24-33H2,1-4H3,(H,44,52);2-9,17-19,22H,10-16,20-21H2,1H3/t;22-,32-/m.0/s1. The molecule has 0 radical (unpaired) electrons. The first-order valence-corrected chi connectivity index (χ1v) is 34.4. The lowest BCUT2D eigenvalue weighted by atomic mass is 9.68. The van der Waals surface area contributed by atoms with Crippen LogP contribution in [-0.2, 0) is 60.1 Å². The summed E-state index contributed by atoms with van der Waals surface area (Å²) in [6.45, 7) is 9.70. The quantitative estimate of drug-likeness (QED) is 0.0395. The fraction of sp³-hybridized carbons (Fsp3) is 0.481. The lowest BCUT2D eigenvalue weighted by molar-refractivity contribution is -0.143. The molecule has 1 aliphatic carbocycles. The Morgan fingerprint density at radius 2 is 1.34 bits per heavy atom. The van der Waals surface area contributed by atoms with E-state index in [4.69, 9.17) is 14.2 Å². The van der Waals surface area contributed by atoms with E-state index in [0.29, 0.717) is 68.9 Å². The average Bonchev–Trinajstić information content (AvgIpc) is 1.62. The lowest BCUT2D eigenvalue weighted by Crippen LogP contribution is -2.46. The number of unbranched alkanes of at least 4 members (excludes halogenated alkanes) is 2. The Morgan fingerprint density at radius 1 is 0.707 bits per heavy atom. The summed E-state index contributed by atoms with van der Waals surface area (Å²) in [6.07, 6.45) is -1.56. The topological polar surface area (TPSA) is 148 Å². The van der Waals surface area contributed by atoms with Crippen molar-refractivity contribution in [1.29, 1.82) is 0 Å². The molecule has 0 bridgehead atoms. The molecule has 534 valence electrons.